The smallest absolute Gasteiger partial charge is 0.312 e. The van der Waals surface area contributed by atoms with Crippen LogP contribution in [-0.2, 0) is 38.2 Å². The Morgan fingerprint density at radius 1 is 0.932 bits per heavy atom. The molecule has 4 aliphatic rings. The lowest BCUT2D eigenvalue weighted by Crippen LogP contribution is -2.45. The number of aldehydes is 2. The number of fused-ring (bicyclic) bond motifs is 14. The molecule has 4 heterocycles. The number of nitrogens with one attached hydrogen (secondary N) is 1. The zero-order valence-corrected chi connectivity index (χ0v) is 44.3. The van der Waals surface area contributed by atoms with Crippen molar-refractivity contribution in [3.8, 4) is 23.0 Å². The first-order valence-electron chi connectivity index (χ1n) is 25.0. The molecule has 404 valence electrons. The van der Waals surface area contributed by atoms with Gasteiger partial charge < -0.3 is 59.4 Å². The van der Waals surface area contributed by atoms with Crippen LogP contribution >= 0.6 is 0 Å². The lowest BCUT2D eigenvalue weighted by atomic mass is 9.77. The largest absolute Gasteiger partial charge is 0.507 e. The highest BCUT2D eigenvalue weighted by molar-refractivity contribution is 6.24. The first-order chi connectivity index (χ1) is 34.7. The molecule has 1 fully saturated rings. The van der Waals surface area contributed by atoms with Gasteiger partial charge in [0.05, 0.1) is 58.6 Å². The number of amides is 1. The zero-order chi connectivity index (χ0) is 55.1. The summed E-state index contributed by atoms with van der Waals surface area (Å²) in [6.07, 6.45) is 6.66. The number of allylic oxidation sites excluding steroid dienone is 4. The number of rotatable bonds is 14. The minimum atomic E-state index is -2.05. The molecule has 0 aromatic heterocycles. The number of hydrazone groups is 1. The van der Waals surface area contributed by atoms with E-state index in [1.807, 2.05) is 13.8 Å². The van der Waals surface area contributed by atoms with Gasteiger partial charge in [-0.3, -0.25) is 29.1 Å². The highest BCUT2D eigenvalue weighted by Gasteiger charge is 2.50. The Labute approximate surface area is 432 Å². The standard InChI is InChI=1S/C55H74N4O15/c1-29-16-22-72-55(12)52(69)43-41-42(47(66)35(7)51(43)74-55)49(68)44(57-53(70)31(3)15-13-14-30(2)45(64)33(5)46(65)34(6)50(32(29)4)73-37(9)62)40(48(41)67)26-56-59-19-17-58(18-20-59)21-23-71-36(8)54(10,11)25-39(63)24-38(27-60)28-61/h13-16,22,26-30,32-34,38,45-46,50,64-68H,8,17-21,23-25H2,1-7,9-12H3,(H,57,70)/b14-13+,22-16+,31-15-,56-26+/t29-,30-,32+,33+,34+,45-,46+,50+,55-/m0/s1. The van der Waals surface area contributed by atoms with Crippen LogP contribution in [0.3, 0.4) is 0 Å². The summed E-state index contributed by atoms with van der Waals surface area (Å²) in [4.78, 5) is 77.7. The van der Waals surface area contributed by atoms with E-state index in [0.717, 1.165) is 0 Å². The van der Waals surface area contributed by atoms with Crippen molar-refractivity contribution in [1.82, 2.24) is 9.91 Å². The molecule has 6 rings (SSSR count). The number of nitrogens with zero attached hydrogens (tertiary/aromatic N) is 3. The fraction of sp³-hybridized carbons (Fsp3) is 0.545. The molecule has 0 aliphatic carbocycles. The Morgan fingerprint density at radius 3 is 2.20 bits per heavy atom. The van der Waals surface area contributed by atoms with Gasteiger partial charge in [-0.25, -0.2) is 0 Å². The highest BCUT2D eigenvalue weighted by atomic mass is 16.7. The van der Waals surface area contributed by atoms with Gasteiger partial charge in [0, 0.05) is 99.1 Å². The van der Waals surface area contributed by atoms with Crippen molar-refractivity contribution in [2.45, 2.75) is 113 Å². The first kappa shape index (κ1) is 58.3. The van der Waals surface area contributed by atoms with E-state index in [-0.39, 0.29) is 75.6 Å². The van der Waals surface area contributed by atoms with E-state index < -0.39 is 94.0 Å². The van der Waals surface area contributed by atoms with E-state index in [0.29, 0.717) is 51.1 Å². The number of aliphatic hydroxyl groups is 2. The molecule has 74 heavy (non-hydrogen) atoms. The molecule has 19 nitrogen and oxygen atoms in total. The number of carbonyl (C=O) groups is 6. The van der Waals surface area contributed by atoms with Gasteiger partial charge in [0.25, 0.3) is 11.7 Å². The number of ketones is 2. The maximum Gasteiger partial charge on any atom is 0.312 e. The Morgan fingerprint density at radius 2 is 1.58 bits per heavy atom. The minimum absolute atomic E-state index is 0.0350. The molecule has 9 atom stereocenters. The van der Waals surface area contributed by atoms with Crippen molar-refractivity contribution < 1.29 is 73.2 Å². The van der Waals surface area contributed by atoms with Crippen molar-refractivity contribution in [3.63, 3.8) is 0 Å². The summed E-state index contributed by atoms with van der Waals surface area (Å²) in [7, 11) is 0. The molecule has 2 aromatic carbocycles. The van der Waals surface area contributed by atoms with Crippen molar-refractivity contribution in [1.29, 1.82) is 0 Å². The number of benzene rings is 2. The molecular formula is C55H74N4O15. The monoisotopic (exact) mass is 1030 g/mol. The molecule has 0 spiro atoms. The van der Waals surface area contributed by atoms with E-state index in [4.69, 9.17) is 18.9 Å². The fourth-order valence-corrected chi connectivity index (χ4v) is 9.50. The van der Waals surface area contributed by atoms with Crippen molar-refractivity contribution in [2.75, 3.05) is 44.6 Å². The predicted octanol–water partition coefficient (Wildman–Crippen LogP) is 6.25. The number of aliphatic hydroxyl groups excluding tert-OH is 2. The van der Waals surface area contributed by atoms with Crippen LogP contribution in [0, 0.1) is 47.8 Å². The lowest BCUT2D eigenvalue weighted by Gasteiger charge is -2.37. The molecule has 1 amide bonds. The van der Waals surface area contributed by atoms with Crippen LogP contribution < -0.4 is 10.1 Å². The summed E-state index contributed by atoms with van der Waals surface area (Å²) in [6, 6.07) is 0. The highest BCUT2D eigenvalue weighted by Crippen LogP contribution is 2.55. The SMILES string of the molecule is C=C(OCCN1CCN(/N=C/c2c3c(O)c4c(O)c(C)c5c(c4c2O)C(=O)[C@@](C)(O/C=C/[C@H](C)[C@@H](C)[C@@H](OC(C)=O)[C@H](C)[C@H](O)[C@H](C)[C@@H](O)[C@@H](C)/C=C/C=C(/C)C(=O)N3)O5)CC1)C(C)(C)CC(=O)CC(C=O)C=O. The molecule has 4 aliphatic heterocycles. The van der Waals surface area contributed by atoms with Crippen LogP contribution in [0.2, 0.25) is 0 Å². The number of carbonyl (C=O) groups excluding carboxylic acids is 6. The second-order valence-electron chi connectivity index (χ2n) is 20.8. The van der Waals surface area contributed by atoms with Crippen molar-refractivity contribution in [2.24, 2.45) is 46.0 Å². The average Bonchev–Trinajstić information content (AvgIpc) is 3.62. The Hall–Kier alpha value is -6.57. The molecule has 0 radical (unpaired) electrons. The summed E-state index contributed by atoms with van der Waals surface area (Å²) >= 11 is 0. The van der Waals surface area contributed by atoms with E-state index in [2.05, 4.69) is 21.9 Å². The van der Waals surface area contributed by atoms with Crippen LogP contribution in [0.15, 0.2) is 53.6 Å². The summed E-state index contributed by atoms with van der Waals surface area (Å²) in [6.45, 7) is 24.7. The first-order valence-corrected chi connectivity index (χ1v) is 25.0. The summed E-state index contributed by atoms with van der Waals surface area (Å²) in [5, 5.41) is 67.5. The number of esters is 1. The van der Waals surface area contributed by atoms with Gasteiger partial charge in [-0.05, 0) is 31.8 Å². The summed E-state index contributed by atoms with van der Waals surface area (Å²) in [5.41, 5.74) is -1.29. The number of phenols is 3. The quantitative estimate of drug-likeness (QED) is 0.0232. The number of ether oxygens (including phenoxy) is 4. The van der Waals surface area contributed by atoms with Crippen LogP contribution in [-0.4, -0.2) is 141 Å². The average molecular weight is 1030 g/mol. The van der Waals surface area contributed by atoms with Crippen molar-refractivity contribution >= 4 is 58.7 Å². The van der Waals surface area contributed by atoms with Crippen molar-refractivity contribution in [3.05, 3.63) is 65.2 Å². The molecule has 5 bridgehead atoms. The molecule has 2 aromatic rings. The maximum absolute atomic E-state index is 14.6. The molecule has 6 N–H and O–H groups in total. The van der Waals surface area contributed by atoms with Gasteiger partial charge >= 0.3 is 11.8 Å². The Bertz CT molecular complexity index is 2600. The topological polar surface area (TPSA) is 271 Å². The number of hydrogen-bond acceptors (Lipinski definition) is 18. The number of phenolic OH excluding ortho intramolecular Hbond substituents is 3. The number of hydrogen-bond donors (Lipinski definition) is 6. The third-order valence-corrected chi connectivity index (χ3v) is 14.8. The maximum atomic E-state index is 14.6. The molecular weight excluding hydrogens is 957 g/mol. The van der Waals surface area contributed by atoms with Gasteiger partial charge in [0.2, 0.25) is 0 Å². The van der Waals surface area contributed by atoms with Gasteiger partial charge in [0.15, 0.2) is 5.75 Å². The van der Waals surface area contributed by atoms with E-state index in [9.17, 15) is 54.3 Å². The summed E-state index contributed by atoms with van der Waals surface area (Å²) < 4.78 is 23.9. The number of aromatic hydroxyl groups is 3. The molecule has 0 unspecified atom stereocenters. The van der Waals surface area contributed by atoms with E-state index in [1.165, 1.54) is 46.2 Å². The zero-order valence-electron chi connectivity index (χ0n) is 44.3. The second kappa shape index (κ2) is 24.2. The Kier molecular flexibility index (Phi) is 19.1. The number of anilines is 1. The molecule has 0 saturated carbocycles. The Balaban J connectivity index is 1.49. The third-order valence-electron chi connectivity index (χ3n) is 14.8. The van der Waals surface area contributed by atoms with Crippen LogP contribution in [0.1, 0.15) is 104 Å². The van der Waals surface area contributed by atoms with Gasteiger partial charge in [0.1, 0.15) is 48.3 Å². The number of Topliss-reactive ketones (excluding diaryl/α,β-unsaturated/α-hetero) is 2. The van der Waals surface area contributed by atoms with Crippen LogP contribution in [0.25, 0.3) is 10.8 Å². The lowest BCUT2D eigenvalue weighted by molar-refractivity contribution is -0.158. The second-order valence-corrected chi connectivity index (χ2v) is 20.8. The minimum Gasteiger partial charge on any atom is -0.507 e. The van der Waals surface area contributed by atoms with Crippen LogP contribution in [0.5, 0.6) is 23.0 Å². The molecule has 19 heteroatoms. The van der Waals surface area contributed by atoms with E-state index in [1.54, 1.807) is 57.9 Å². The van der Waals surface area contributed by atoms with Gasteiger partial charge in [-0.2, -0.15) is 5.10 Å². The molecule has 1 saturated heterocycles. The third kappa shape index (κ3) is 12.8. The van der Waals surface area contributed by atoms with Crippen LogP contribution in [0.4, 0.5) is 5.69 Å². The predicted molar refractivity (Wildman–Crippen MR) is 277 cm³/mol. The normalized spacial score (nSPS) is 28.0. The fourth-order valence-electron chi connectivity index (χ4n) is 9.50. The van der Waals surface area contributed by atoms with Gasteiger partial charge in [-0.15, -0.1) is 0 Å². The summed E-state index contributed by atoms with van der Waals surface area (Å²) in [5.74, 6) is -9.55. The van der Waals surface area contributed by atoms with Gasteiger partial charge in [-0.1, -0.05) is 73.3 Å². The number of piperazine rings is 1. The van der Waals surface area contributed by atoms with E-state index >= 15 is 0 Å².